The van der Waals surface area contributed by atoms with Crippen LogP contribution in [0.1, 0.15) is 19.4 Å². The van der Waals surface area contributed by atoms with E-state index in [-0.39, 0.29) is 17.9 Å². The number of nitrogens with one attached hydrogen (secondary N) is 1. The molecule has 1 aromatic rings. The highest BCUT2D eigenvalue weighted by molar-refractivity contribution is 7.88. The standard InChI is InChI=1S/C15H19NO5S/c1-4-14(15(17)20-5-2)12(3)21-16-22(18,19)11-13-9-7-6-8-10-13/h6-10,12,16H,1,5,11H2,2-3H3. The van der Waals surface area contributed by atoms with Gasteiger partial charge in [-0.25, -0.2) is 13.2 Å². The number of carbonyl (C=O) groups is 1. The molecule has 1 atom stereocenters. The summed E-state index contributed by atoms with van der Waals surface area (Å²) >= 11 is 0. The van der Waals surface area contributed by atoms with Gasteiger partial charge in [-0.1, -0.05) is 41.8 Å². The molecule has 0 saturated heterocycles. The Morgan fingerprint density at radius 2 is 2.00 bits per heavy atom. The van der Waals surface area contributed by atoms with Crippen molar-refractivity contribution < 1.29 is 22.8 Å². The topological polar surface area (TPSA) is 81.7 Å². The second-order valence-electron chi connectivity index (χ2n) is 4.40. The maximum absolute atomic E-state index is 11.9. The average molecular weight is 325 g/mol. The molecule has 1 aromatic carbocycles. The summed E-state index contributed by atoms with van der Waals surface area (Å²) in [5, 5.41) is 0. The van der Waals surface area contributed by atoms with Gasteiger partial charge < -0.3 is 4.74 Å². The molecule has 1 rings (SSSR count). The Balaban J connectivity index is 2.64. The lowest BCUT2D eigenvalue weighted by Crippen LogP contribution is -2.32. The van der Waals surface area contributed by atoms with Crippen molar-refractivity contribution >= 4 is 16.0 Å². The van der Waals surface area contributed by atoms with Crippen molar-refractivity contribution in [2.75, 3.05) is 6.61 Å². The SMILES string of the molecule is C=C=C(C(=O)OCC)C(C)ONS(=O)(=O)Cc1ccccc1. The molecule has 7 heteroatoms. The van der Waals surface area contributed by atoms with Crippen molar-refractivity contribution in [2.45, 2.75) is 25.7 Å². The molecule has 0 radical (unpaired) electrons. The molecule has 1 unspecified atom stereocenters. The third-order valence-electron chi connectivity index (χ3n) is 2.64. The smallest absolute Gasteiger partial charge is 0.344 e. The first-order valence-corrected chi connectivity index (χ1v) is 8.31. The summed E-state index contributed by atoms with van der Waals surface area (Å²) in [7, 11) is -3.70. The van der Waals surface area contributed by atoms with E-state index in [4.69, 9.17) is 9.57 Å². The third-order valence-corrected chi connectivity index (χ3v) is 3.71. The van der Waals surface area contributed by atoms with Gasteiger partial charge in [0, 0.05) is 0 Å². The number of sulfonamides is 1. The van der Waals surface area contributed by atoms with Crippen molar-refractivity contribution in [3.8, 4) is 0 Å². The molecule has 0 amide bonds. The second-order valence-corrected chi connectivity index (χ2v) is 6.08. The molecule has 0 saturated carbocycles. The number of carbonyl (C=O) groups excluding carboxylic acids is 1. The molecular formula is C15H19NO5S. The minimum atomic E-state index is -3.70. The zero-order chi connectivity index (χ0) is 16.6. The Labute approximate surface area is 130 Å². The summed E-state index contributed by atoms with van der Waals surface area (Å²) in [5.74, 6) is -0.875. The number of hydrogen-bond donors (Lipinski definition) is 1. The van der Waals surface area contributed by atoms with Crippen LogP contribution in [0.3, 0.4) is 0 Å². The Morgan fingerprint density at radius 3 is 2.55 bits per heavy atom. The molecule has 22 heavy (non-hydrogen) atoms. The van der Waals surface area contributed by atoms with Gasteiger partial charge in [0.25, 0.3) is 0 Å². The van der Waals surface area contributed by atoms with Gasteiger partial charge in [-0.2, -0.15) is 0 Å². The van der Waals surface area contributed by atoms with Gasteiger partial charge in [0.2, 0.25) is 10.0 Å². The van der Waals surface area contributed by atoms with Gasteiger partial charge in [-0.15, -0.1) is 5.73 Å². The molecule has 0 aliphatic heterocycles. The molecule has 0 spiro atoms. The van der Waals surface area contributed by atoms with E-state index in [1.165, 1.54) is 6.92 Å². The monoisotopic (exact) mass is 325 g/mol. The van der Waals surface area contributed by atoms with Crippen molar-refractivity contribution in [2.24, 2.45) is 0 Å². The van der Waals surface area contributed by atoms with Crippen molar-refractivity contribution in [1.29, 1.82) is 0 Å². The lowest BCUT2D eigenvalue weighted by molar-refractivity contribution is -0.140. The Kier molecular flexibility index (Phi) is 7.01. The van der Waals surface area contributed by atoms with Crippen LogP contribution in [0.4, 0.5) is 0 Å². The van der Waals surface area contributed by atoms with E-state index >= 15 is 0 Å². The summed E-state index contributed by atoms with van der Waals surface area (Å²) in [6, 6.07) is 8.66. The molecule has 120 valence electrons. The van der Waals surface area contributed by atoms with Crippen LogP contribution >= 0.6 is 0 Å². The molecule has 0 heterocycles. The normalized spacial score (nSPS) is 12.3. The largest absolute Gasteiger partial charge is 0.462 e. The quantitative estimate of drug-likeness (QED) is 0.340. The van der Waals surface area contributed by atoms with Gasteiger partial charge in [0.1, 0.15) is 11.7 Å². The zero-order valence-corrected chi connectivity index (χ0v) is 13.4. The van der Waals surface area contributed by atoms with Crippen LogP contribution in [0.2, 0.25) is 0 Å². The first kappa shape index (κ1) is 18.1. The molecule has 0 bridgehead atoms. The van der Waals surface area contributed by atoms with E-state index < -0.39 is 22.1 Å². The number of hydrogen-bond acceptors (Lipinski definition) is 5. The highest BCUT2D eigenvalue weighted by Gasteiger charge is 2.21. The summed E-state index contributed by atoms with van der Waals surface area (Å²) in [5.41, 5.74) is 3.04. The fraction of sp³-hybridized carbons (Fsp3) is 0.333. The first-order chi connectivity index (χ1) is 10.4. The zero-order valence-electron chi connectivity index (χ0n) is 12.5. The molecule has 0 fully saturated rings. The van der Waals surface area contributed by atoms with E-state index in [2.05, 4.69) is 12.3 Å². The Morgan fingerprint density at radius 1 is 1.36 bits per heavy atom. The highest BCUT2D eigenvalue weighted by Crippen LogP contribution is 2.09. The lowest BCUT2D eigenvalue weighted by atomic mass is 10.2. The fourth-order valence-electron chi connectivity index (χ4n) is 1.62. The van der Waals surface area contributed by atoms with Crippen LogP contribution in [0, 0.1) is 0 Å². The van der Waals surface area contributed by atoms with Gasteiger partial charge in [0.05, 0.1) is 12.4 Å². The van der Waals surface area contributed by atoms with Crippen molar-refractivity contribution in [3.05, 3.63) is 53.8 Å². The molecular weight excluding hydrogens is 306 g/mol. The number of esters is 1. The molecule has 1 N–H and O–H groups in total. The highest BCUT2D eigenvalue weighted by atomic mass is 32.2. The lowest BCUT2D eigenvalue weighted by Gasteiger charge is -2.14. The Bertz CT molecular complexity index is 648. The van der Waals surface area contributed by atoms with Gasteiger partial charge in [0.15, 0.2) is 0 Å². The fourth-order valence-corrected chi connectivity index (χ4v) is 2.60. The van der Waals surface area contributed by atoms with Crippen molar-refractivity contribution in [1.82, 2.24) is 4.89 Å². The summed E-state index contributed by atoms with van der Waals surface area (Å²) in [4.78, 5) is 18.6. The number of ether oxygens (including phenoxy) is 1. The number of rotatable bonds is 8. The van der Waals surface area contributed by atoms with Gasteiger partial charge in [-0.3, -0.25) is 4.84 Å². The second kappa shape index (κ2) is 8.51. The summed E-state index contributed by atoms with van der Waals surface area (Å²) in [6.45, 7) is 6.72. The van der Waals surface area contributed by atoms with Crippen LogP contribution in [0.15, 0.2) is 48.2 Å². The maximum Gasteiger partial charge on any atom is 0.344 e. The Hall–Kier alpha value is -1.92. The third kappa shape index (κ3) is 5.83. The maximum atomic E-state index is 11.9. The van der Waals surface area contributed by atoms with Crippen LogP contribution in [-0.4, -0.2) is 27.1 Å². The van der Waals surface area contributed by atoms with Gasteiger partial charge >= 0.3 is 5.97 Å². The minimum Gasteiger partial charge on any atom is -0.462 e. The molecule has 0 aliphatic rings. The van der Waals surface area contributed by atoms with Crippen LogP contribution in [-0.2, 0) is 30.1 Å². The van der Waals surface area contributed by atoms with E-state index in [0.717, 1.165) is 0 Å². The van der Waals surface area contributed by atoms with Crippen LogP contribution < -0.4 is 4.89 Å². The number of benzene rings is 1. The molecule has 0 aromatic heterocycles. The summed E-state index contributed by atoms with van der Waals surface area (Å²) in [6.07, 6.45) is -0.873. The van der Waals surface area contributed by atoms with Crippen LogP contribution in [0.5, 0.6) is 0 Å². The van der Waals surface area contributed by atoms with Crippen LogP contribution in [0.25, 0.3) is 0 Å². The molecule has 6 nitrogen and oxygen atoms in total. The van der Waals surface area contributed by atoms with E-state index in [1.54, 1.807) is 37.3 Å². The van der Waals surface area contributed by atoms with E-state index in [9.17, 15) is 13.2 Å². The molecule has 0 aliphatic carbocycles. The minimum absolute atomic E-state index is 0.0178. The summed E-state index contributed by atoms with van der Waals surface area (Å²) < 4.78 is 28.6. The van der Waals surface area contributed by atoms with Gasteiger partial charge in [-0.05, 0) is 19.4 Å². The van der Waals surface area contributed by atoms with E-state index in [1.807, 2.05) is 4.89 Å². The first-order valence-electron chi connectivity index (χ1n) is 6.65. The van der Waals surface area contributed by atoms with E-state index in [0.29, 0.717) is 5.56 Å². The van der Waals surface area contributed by atoms with Crippen molar-refractivity contribution in [3.63, 3.8) is 0 Å². The average Bonchev–Trinajstić information content (AvgIpc) is 2.47. The predicted octanol–water partition coefficient (Wildman–Crippen LogP) is 1.70. The predicted molar refractivity (Wildman–Crippen MR) is 82.0 cm³/mol.